The minimum Gasteiger partial charge on any atom is -0.503 e. The van der Waals surface area contributed by atoms with Crippen molar-refractivity contribution in [3.8, 4) is 5.75 Å². The number of aliphatic hydroxyl groups excluding tert-OH is 1. The zero-order valence-corrected chi connectivity index (χ0v) is 16.5. The van der Waals surface area contributed by atoms with Crippen molar-refractivity contribution >= 4 is 23.1 Å². The highest BCUT2D eigenvalue weighted by molar-refractivity contribution is 6.30. The van der Waals surface area contributed by atoms with Crippen LogP contribution in [-0.2, 0) is 11.3 Å². The SMILES string of the molecule is COc1ccc(C2=C(O)C(=O)N(Cc3ccncc3)[C@H]2c2ccc(Cl)cc2)cc1. The highest BCUT2D eigenvalue weighted by Crippen LogP contribution is 2.44. The third-order valence-corrected chi connectivity index (χ3v) is 5.24. The van der Waals surface area contributed by atoms with E-state index in [1.807, 2.05) is 48.5 Å². The van der Waals surface area contributed by atoms with Crippen LogP contribution in [0.2, 0.25) is 5.02 Å². The largest absolute Gasteiger partial charge is 0.503 e. The van der Waals surface area contributed by atoms with Crippen LogP contribution in [0.5, 0.6) is 5.75 Å². The van der Waals surface area contributed by atoms with Gasteiger partial charge in [0.15, 0.2) is 5.76 Å². The fourth-order valence-electron chi connectivity index (χ4n) is 3.56. The van der Waals surface area contributed by atoms with Crippen molar-refractivity contribution < 1.29 is 14.6 Å². The molecule has 0 saturated carbocycles. The third kappa shape index (κ3) is 3.69. The second kappa shape index (κ2) is 7.97. The average molecular weight is 407 g/mol. The van der Waals surface area contributed by atoms with Crippen LogP contribution in [0.3, 0.4) is 0 Å². The van der Waals surface area contributed by atoms with Crippen molar-refractivity contribution in [2.75, 3.05) is 7.11 Å². The number of amides is 1. The molecule has 2 aromatic carbocycles. The number of rotatable bonds is 5. The topological polar surface area (TPSA) is 62.7 Å². The molecule has 1 aliphatic heterocycles. The molecular formula is C23H19ClN2O3. The second-order valence-corrected chi connectivity index (χ2v) is 7.17. The van der Waals surface area contributed by atoms with E-state index in [1.54, 1.807) is 36.5 Å². The van der Waals surface area contributed by atoms with Crippen LogP contribution in [-0.4, -0.2) is 28.0 Å². The average Bonchev–Trinajstić information content (AvgIpc) is 3.00. The van der Waals surface area contributed by atoms with Crippen LogP contribution >= 0.6 is 11.6 Å². The minimum absolute atomic E-state index is 0.246. The van der Waals surface area contributed by atoms with Crippen LogP contribution in [0, 0.1) is 0 Å². The zero-order chi connectivity index (χ0) is 20.4. The number of halogens is 1. The molecule has 29 heavy (non-hydrogen) atoms. The monoisotopic (exact) mass is 406 g/mol. The Hall–Kier alpha value is -3.31. The maximum atomic E-state index is 13.0. The lowest BCUT2D eigenvalue weighted by atomic mass is 9.93. The number of aromatic nitrogens is 1. The van der Waals surface area contributed by atoms with Gasteiger partial charge < -0.3 is 14.7 Å². The summed E-state index contributed by atoms with van der Waals surface area (Å²) in [5.41, 5.74) is 3.12. The lowest BCUT2D eigenvalue weighted by Crippen LogP contribution is -2.29. The fraction of sp³-hybridized carbons (Fsp3) is 0.130. The van der Waals surface area contributed by atoms with Gasteiger partial charge >= 0.3 is 0 Å². The number of nitrogens with zero attached hydrogens (tertiary/aromatic N) is 2. The van der Waals surface area contributed by atoms with Crippen LogP contribution in [0.15, 0.2) is 78.8 Å². The van der Waals surface area contributed by atoms with Crippen LogP contribution < -0.4 is 4.74 Å². The number of hydrogen-bond acceptors (Lipinski definition) is 4. The van der Waals surface area contributed by atoms with E-state index in [0.29, 0.717) is 22.9 Å². The summed E-state index contributed by atoms with van der Waals surface area (Å²) < 4.78 is 5.23. The number of ether oxygens (including phenoxy) is 1. The van der Waals surface area contributed by atoms with E-state index in [-0.39, 0.29) is 5.76 Å². The molecule has 0 aliphatic carbocycles. The number of benzene rings is 2. The Morgan fingerprint density at radius 1 is 1.03 bits per heavy atom. The van der Waals surface area contributed by atoms with Gasteiger partial charge in [-0.15, -0.1) is 0 Å². The Bertz CT molecular complexity index is 1050. The summed E-state index contributed by atoms with van der Waals surface area (Å²) in [6.07, 6.45) is 3.37. The standard InChI is InChI=1S/C23H19ClN2O3/c1-29-19-8-4-16(5-9-19)20-21(17-2-6-18(24)7-3-17)26(23(28)22(20)27)14-15-10-12-25-13-11-15/h2-13,21,27H,14H2,1H3/t21-/m0/s1. The van der Waals surface area contributed by atoms with Gasteiger partial charge in [-0.2, -0.15) is 0 Å². The van der Waals surface area contributed by atoms with Crippen molar-refractivity contribution in [3.05, 3.63) is 101 Å². The predicted molar refractivity (Wildman–Crippen MR) is 112 cm³/mol. The van der Waals surface area contributed by atoms with Crippen LogP contribution in [0.4, 0.5) is 0 Å². The first-order chi connectivity index (χ1) is 14.1. The molecule has 1 atom stereocenters. The van der Waals surface area contributed by atoms with E-state index in [4.69, 9.17) is 16.3 Å². The molecule has 1 amide bonds. The van der Waals surface area contributed by atoms with Crippen molar-refractivity contribution in [2.45, 2.75) is 12.6 Å². The number of pyridine rings is 1. The summed E-state index contributed by atoms with van der Waals surface area (Å²) in [6, 6.07) is 17.9. The molecule has 3 aromatic rings. The molecule has 6 heteroatoms. The Morgan fingerprint density at radius 2 is 1.69 bits per heavy atom. The number of methoxy groups -OCH3 is 1. The summed E-state index contributed by atoms with van der Waals surface area (Å²) in [5, 5.41) is 11.4. The van der Waals surface area contributed by atoms with E-state index in [9.17, 15) is 9.90 Å². The maximum absolute atomic E-state index is 13.0. The molecule has 1 aromatic heterocycles. The Kier molecular flexibility index (Phi) is 5.23. The molecule has 5 nitrogen and oxygen atoms in total. The lowest BCUT2D eigenvalue weighted by Gasteiger charge is -2.27. The summed E-state index contributed by atoms with van der Waals surface area (Å²) in [7, 11) is 1.60. The molecule has 146 valence electrons. The van der Waals surface area contributed by atoms with Gasteiger partial charge in [-0.25, -0.2) is 0 Å². The molecule has 1 N–H and O–H groups in total. The first kappa shape index (κ1) is 19.0. The maximum Gasteiger partial charge on any atom is 0.290 e. The van der Waals surface area contributed by atoms with Gasteiger partial charge in [0.25, 0.3) is 5.91 Å². The number of aliphatic hydroxyl groups is 1. The van der Waals surface area contributed by atoms with Crippen molar-refractivity contribution in [3.63, 3.8) is 0 Å². The van der Waals surface area contributed by atoms with E-state index >= 15 is 0 Å². The van der Waals surface area contributed by atoms with Crippen LogP contribution in [0.1, 0.15) is 22.7 Å². The summed E-state index contributed by atoms with van der Waals surface area (Å²) in [6.45, 7) is 0.346. The lowest BCUT2D eigenvalue weighted by molar-refractivity contribution is -0.130. The highest BCUT2D eigenvalue weighted by Gasteiger charge is 2.40. The van der Waals surface area contributed by atoms with Gasteiger partial charge in [-0.3, -0.25) is 9.78 Å². The van der Waals surface area contributed by atoms with Gasteiger partial charge in [0.2, 0.25) is 0 Å². The number of hydrogen-bond donors (Lipinski definition) is 1. The molecule has 0 bridgehead atoms. The Balaban J connectivity index is 1.80. The van der Waals surface area contributed by atoms with Gasteiger partial charge in [0.05, 0.1) is 13.2 Å². The van der Waals surface area contributed by atoms with Crippen molar-refractivity contribution in [1.82, 2.24) is 9.88 Å². The van der Waals surface area contributed by atoms with E-state index in [2.05, 4.69) is 4.98 Å². The van der Waals surface area contributed by atoms with E-state index < -0.39 is 11.9 Å². The van der Waals surface area contributed by atoms with Gasteiger partial charge in [-0.1, -0.05) is 35.9 Å². The van der Waals surface area contributed by atoms with E-state index in [0.717, 1.165) is 16.7 Å². The quantitative estimate of drug-likeness (QED) is 0.661. The number of carbonyl (C=O) groups excluding carboxylic acids is 1. The zero-order valence-electron chi connectivity index (χ0n) is 15.7. The smallest absolute Gasteiger partial charge is 0.290 e. The summed E-state index contributed by atoms with van der Waals surface area (Å²) in [4.78, 5) is 18.7. The second-order valence-electron chi connectivity index (χ2n) is 6.73. The predicted octanol–water partition coefficient (Wildman–Crippen LogP) is 4.80. The molecule has 0 fully saturated rings. The molecule has 4 rings (SSSR count). The molecule has 0 radical (unpaired) electrons. The Morgan fingerprint density at radius 3 is 2.31 bits per heavy atom. The van der Waals surface area contributed by atoms with Gasteiger partial charge in [-0.05, 0) is 53.1 Å². The van der Waals surface area contributed by atoms with Gasteiger partial charge in [0, 0.05) is 29.5 Å². The molecule has 0 unspecified atom stereocenters. The summed E-state index contributed by atoms with van der Waals surface area (Å²) in [5.74, 6) is 0.0478. The van der Waals surface area contributed by atoms with Crippen molar-refractivity contribution in [1.29, 1.82) is 0 Å². The normalized spacial score (nSPS) is 16.4. The third-order valence-electron chi connectivity index (χ3n) is 4.99. The molecule has 0 spiro atoms. The first-order valence-electron chi connectivity index (χ1n) is 9.11. The van der Waals surface area contributed by atoms with Crippen LogP contribution in [0.25, 0.3) is 5.57 Å². The van der Waals surface area contributed by atoms with Crippen molar-refractivity contribution in [2.24, 2.45) is 0 Å². The molecule has 1 aliphatic rings. The molecule has 2 heterocycles. The Labute approximate surface area is 173 Å². The fourth-order valence-corrected chi connectivity index (χ4v) is 3.68. The first-order valence-corrected chi connectivity index (χ1v) is 9.49. The highest BCUT2D eigenvalue weighted by atomic mass is 35.5. The molecular weight excluding hydrogens is 388 g/mol. The number of carbonyl (C=O) groups is 1. The summed E-state index contributed by atoms with van der Waals surface area (Å²) >= 11 is 6.07. The molecule has 0 saturated heterocycles. The van der Waals surface area contributed by atoms with E-state index in [1.165, 1.54) is 0 Å². The van der Waals surface area contributed by atoms with Gasteiger partial charge in [0.1, 0.15) is 5.75 Å². The minimum atomic E-state index is -0.443.